The van der Waals surface area contributed by atoms with Gasteiger partial charge in [0.1, 0.15) is 24.2 Å². The molecule has 0 aromatic rings. The maximum Gasteiger partial charge on any atom is 0.326 e. The highest BCUT2D eigenvalue weighted by atomic mass is 32.2. The average molecular weight is 504 g/mol. The Hall–Kier alpha value is -2.58. The van der Waals surface area contributed by atoms with Gasteiger partial charge in [-0.1, -0.05) is 0 Å². The number of nitrogens with zero attached hydrogens (tertiary/aromatic N) is 2. The van der Waals surface area contributed by atoms with E-state index in [1.165, 1.54) is 23.6 Å². The molecule has 5 unspecified atom stereocenters. The number of nitrogens with two attached hydrogens (primary N) is 3. The van der Waals surface area contributed by atoms with Gasteiger partial charge in [0.2, 0.25) is 17.7 Å². The van der Waals surface area contributed by atoms with Crippen molar-refractivity contribution >= 4 is 41.4 Å². The molecule has 0 aromatic carbocycles. The Balaban J connectivity index is 2.88. The molecule has 194 valence electrons. The first-order valence-corrected chi connectivity index (χ1v) is 12.5. The summed E-state index contributed by atoms with van der Waals surface area (Å²) in [4.78, 5) is 55.2. The average Bonchev–Trinajstić information content (AvgIpc) is 3.26. The summed E-state index contributed by atoms with van der Waals surface area (Å²) in [5, 5.41) is 24.1. The number of rotatable bonds is 14. The highest BCUT2D eigenvalue weighted by molar-refractivity contribution is 7.98. The lowest BCUT2D eigenvalue weighted by Gasteiger charge is -2.30. The third kappa shape index (κ3) is 9.35. The van der Waals surface area contributed by atoms with E-state index in [4.69, 9.17) is 17.2 Å². The van der Waals surface area contributed by atoms with Gasteiger partial charge in [0.15, 0.2) is 5.96 Å². The summed E-state index contributed by atoms with van der Waals surface area (Å²) in [6, 6.07) is -4.13. The van der Waals surface area contributed by atoms with E-state index < -0.39 is 54.0 Å². The normalized spacial score (nSPS) is 18.9. The van der Waals surface area contributed by atoms with Crippen LogP contribution in [0.25, 0.3) is 0 Å². The number of guanidine groups is 1. The maximum atomic E-state index is 13.3. The van der Waals surface area contributed by atoms with E-state index >= 15 is 0 Å². The van der Waals surface area contributed by atoms with Gasteiger partial charge in [0, 0.05) is 13.1 Å². The molecule has 34 heavy (non-hydrogen) atoms. The first-order chi connectivity index (χ1) is 16.0. The molecule has 1 aliphatic rings. The van der Waals surface area contributed by atoms with Crippen LogP contribution in [0.3, 0.4) is 0 Å². The number of likely N-dealkylation sites (tertiary alicyclic amines) is 1. The van der Waals surface area contributed by atoms with Crippen molar-refractivity contribution in [2.45, 2.75) is 69.3 Å². The van der Waals surface area contributed by atoms with Crippen LogP contribution in [0.4, 0.5) is 0 Å². The van der Waals surface area contributed by atoms with E-state index in [0.29, 0.717) is 38.0 Å². The zero-order valence-corrected chi connectivity index (χ0v) is 20.4. The second kappa shape index (κ2) is 14.6. The lowest BCUT2D eigenvalue weighted by Crippen LogP contribution is -2.58. The number of thioether (sulfide) groups is 1. The summed E-state index contributed by atoms with van der Waals surface area (Å²) in [5.74, 6) is -2.42. The number of aliphatic hydroxyl groups excluding tert-OH is 1. The van der Waals surface area contributed by atoms with Gasteiger partial charge in [0.25, 0.3) is 0 Å². The Morgan fingerprint density at radius 2 is 1.85 bits per heavy atom. The summed E-state index contributed by atoms with van der Waals surface area (Å²) < 4.78 is 0. The predicted octanol–water partition coefficient (Wildman–Crippen LogP) is -2.45. The molecule has 0 spiro atoms. The van der Waals surface area contributed by atoms with Crippen LogP contribution >= 0.6 is 11.8 Å². The zero-order valence-electron chi connectivity index (χ0n) is 19.6. The smallest absolute Gasteiger partial charge is 0.326 e. The van der Waals surface area contributed by atoms with Crippen molar-refractivity contribution in [1.82, 2.24) is 15.5 Å². The molecule has 14 heteroatoms. The minimum atomic E-state index is -1.20. The summed E-state index contributed by atoms with van der Waals surface area (Å²) >= 11 is 1.49. The number of carbonyl (C=O) groups excluding carboxylic acids is 3. The summed E-state index contributed by atoms with van der Waals surface area (Å²) in [6.07, 6.45) is 2.46. The van der Waals surface area contributed by atoms with Gasteiger partial charge in [0.05, 0.1) is 6.10 Å². The molecular formula is C20H37N7O6S. The van der Waals surface area contributed by atoms with Gasteiger partial charge >= 0.3 is 5.97 Å². The number of aliphatic carboxylic acids is 1. The zero-order chi connectivity index (χ0) is 25.8. The van der Waals surface area contributed by atoms with Crippen molar-refractivity contribution in [2.75, 3.05) is 25.1 Å². The Labute approximate surface area is 203 Å². The number of carboxylic acids is 1. The van der Waals surface area contributed by atoms with Crippen LogP contribution in [0.1, 0.15) is 39.0 Å². The van der Waals surface area contributed by atoms with Crippen LogP contribution in [0.5, 0.6) is 0 Å². The summed E-state index contributed by atoms with van der Waals surface area (Å²) in [5.41, 5.74) is 16.2. The Morgan fingerprint density at radius 1 is 1.18 bits per heavy atom. The Kier molecular flexibility index (Phi) is 12.7. The topological polar surface area (TPSA) is 226 Å². The van der Waals surface area contributed by atoms with Gasteiger partial charge in [-0.25, -0.2) is 4.79 Å². The SMILES string of the molecule is CSCCC(NC(=O)C(N)C(C)O)C(=O)N1CCCC1C(=O)NC(CCCN=C(N)N)C(=O)O. The van der Waals surface area contributed by atoms with Crippen molar-refractivity contribution in [3.8, 4) is 0 Å². The molecule has 1 aliphatic heterocycles. The molecule has 13 nitrogen and oxygen atoms in total. The molecule has 0 aliphatic carbocycles. The molecule has 1 saturated heterocycles. The quantitative estimate of drug-likeness (QED) is 0.0751. The Morgan fingerprint density at radius 3 is 2.41 bits per heavy atom. The van der Waals surface area contributed by atoms with E-state index in [-0.39, 0.29) is 18.9 Å². The fraction of sp³-hybridized carbons (Fsp3) is 0.750. The number of nitrogens with one attached hydrogen (secondary N) is 2. The first-order valence-electron chi connectivity index (χ1n) is 11.1. The largest absolute Gasteiger partial charge is 0.480 e. The van der Waals surface area contributed by atoms with E-state index in [9.17, 15) is 29.4 Å². The van der Waals surface area contributed by atoms with E-state index in [0.717, 1.165) is 0 Å². The van der Waals surface area contributed by atoms with Gasteiger partial charge in [-0.2, -0.15) is 11.8 Å². The number of carbonyl (C=O) groups is 4. The number of amides is 3. The van der Waals surface area contributed by atoms with Crippen LogP contribution in [0, 0.1) is 0 Å². The predicted molar refractivity (Wildman–Crippen MR) is 129 cm³/mol. The van der Waals surface area contributed by atoms with Gasteiger partial charge < -0.3 is 42.9 Å². The standard InChI is InChI=1S/C20H37N7O6S/c1-11(28)15(21)17(30)25-12(7-10-34-2)18(31)27-9-4-6-14(27)16(29)26-13(19(32)33)5-3-8-24-20(22)23/h11-15,28H,3-10,21H2,1-2H3,(H,25,30)(H,26,29)(H,32,33)(H4,22,23,24). The van der Waals surface area contributed by atoms with Crippen LogP contribution in [-0.2, 0) is 19.2 Å². The van der Waals surface area contributed by atoms with Crippen molar-refractivity contribution in [1.29, 1.82) is 0 Å². The molecule has 3 amide bonds. The number of carboxylic acid groups (broad SMARTS) is 1. The second-order valence-corrected chi connectivity index (χ2v) is 9.13. The number of aliphatic imine (C=N–C) groups is 1. The van der Waals surface area contributed by atoms with Gasteiger partial charge in [-0.3, -0.25) is 19.4 Å². The highest BCUT2D eigenvalue weighted by Crippen LogP contribution is 2.20. The second-order valence-electron chi connectivity index (χ2n) is 8.15. The maximum absolute atomic E-state index is 13.3. The van der Waals surface area contributed by atoms with Crippen molar-refractivity contribution in [3.05, 3.63) is 0 Å². The van der Waals surface area contributed by atoms with E-state index in [2.05, 4.69) is 15.6 Å². The minimum absolute atomic E-state index is 0.103. The summed E-state index contributed by atoms with van der Waals surface area (Å²) in [7, 11) is 0. The lowest BCUT2D eigenvalue weighted by molar-refractivity contribution is -0.145. The van der Waals surface area contributed by atoms with Crippen molar-refractivity contribution in [3.63, 3.8) is 0 Å². The third-order valence-electron chi connectivity index (χ3n) is 5.45. The minimum Gasteiger partial charge on any atom is -0.480 e. The van der Waals surface area contributed by atoms with Crippen molar-refractivity contribution < 1.29 is 29.4 Å². The van der Waals surface area contributed by atoms with E-state index in [1.807, 2.05) is 6.26 Å². The molecule has 0 aromatic heterocycles. The van der Waals surface area contributed by atoms with Gasteiger partial charge in [-0.15, -0.1) is 0 Å². The molecule has 5 atom stereocenters. The molecule has 10 N–H and O–H groups in total. The van der Waals surface area contributed by atoms with Crippen molar-refractivity contribution in [2.24, 2.45) is 22.2 Å². The Bertz CT molecular complexity index is 747. The summed E-state index contributed by atoms with van der Waals surface area (Å²) in [6.45, 7) is 1.90. The number of hydrogen-bond acceptors (Lipinski definition) is 8. The number of aliphatic hydroxyl groups is 1. The van der Waals surface area contributed by atoms with Crippen LogP contribution in [0.2, 0.25) is 0 Å². The van der Waals surface area contributed by atoms with Crippen LogP contribution < -0.4 is 27.8 Å². The fourth-order valence-electron chi connectivity index (χ4n) is 3.51. The molecule has 1 fully saturated rings. The molecule has 0 radical (unpaired) electrons. The van der Waals surface area contributed by atoms with Gasteiger partial charge in [-0.05, 0) is 51.0 Å². The van der Waals surface area contributed by atoms with Crippen LogP contribution in [-0.4, -0.2) is 100 Å². The molecule has 0 bridgehead atoms. The molecule has 1 rings (SSSR count). The number of hydrogen-bond donors (Lipinski definition) is 7. The monoisotopic (exact) mass is 503 g/mol. The van der Waals surface area contributed by atoms with Crippen LogP contribution in [0.15, 0.2) is 4.99 Å². The van der Waals surface area contributed by atoms with E-state index in [1.54, 1.807) is 0 Å². The highest BCUT2D eigenvalue weighted by Gasteiger charge is 2.39. The molecule has 1 heterocycles. The molecule has 0 saturated carbocycles. The first kappa shape index (κ1) is 29.5. The fourth-order valence-corrected chi connectivity index (χ4v) is 3.98. The lowest BCUT2D eigenvalue weighted by atomic mass is 10.1. The molecular weight excluding hydrogens is 466 g/mol. The third-order valence-corrected chi connectivity index (χ3v) is 6.09.